The number of anilines is 1. The fourth-order valence-electron chi connectivity index (χ4n) is 5.47. The van der Waals surface area contributed by atoms with Gasteiger partial charge in [-0.3, -0.25) is 4.79 Å². The van der Waals surface area contributed by atoms with E-state index in [2.05, 4.69) is 15.5 Å². The molecule has 9 heteroatoms. The summed E-state index contributed by atoms with van der Waals surface area (Å²) in [7, 11) is 3.29. The number of nitrogens with one attached hydrogen (secondary N) is 2. The van der Waals surface area contributed by atoms with Gasteiger partial charge in [0.2, 0.25) is 0 Å². The molecule has 3 heterocycles. The normalized spacial score (nSPS) is 25.4. The van der Waals surface area contributed by atoms with Crippen LogP contribution in [0, 0.1) is 5.82 Å². The van der Waals surface area contributed by atoms with Crippen LogP contribution < -0.4 is 10.6 Å². The minimum Gasteiger partial charge on any atom is -0.466 e. The van der Waals surface area contributed by atoms with Crippen molar-refractivity contribution < 1.29 is 23.5 Å². The lowest BCUT2D eigenvalue weighted by Gasteiger charge is -2.36. The Bertz CT molecular complexity index is 1250. The fraction of sp³-hybridized carbons (Fsp3) is 0.357. The number of benzene rings is 2. The zero-order valence-electron chi connectivity index (χ0n) is 20.7. The first kappa shape index (κ1) is 25.4. The van der Waals surface area contributed by atoms with Crippen molar-refractivity contribution in [3.63, 3.8) is 0 Å². The number of halogens is 2. The molecule has 0 aromatic heterocycles. The van der Waals surface area contributed by atoms with Crippen molar-refractivity contribution in [2.45, 2.75) is 36.6 Å². The molecule has 3 aliphatic heterocycles. The minimum absolute atomic E-state index is 0.0179. The quantitative estimate of drug-likeness (QED) is 0.406. The number of rotatable bonds is 8. The van der Waals surface area contributed by atoms with E-state index in [0.29, 0.717) is 12.1 Å². The summed E-state index contributed by atoms with van der Waals surface area (Å²) in [5, 5.41) is 6.64. The van der Waals surface area contributed by atoms with Crippen LogP contribution in [-0.4, -0.2) is 67.8 Å². The Labute approximate surface area is 220 Å². The monoisotopic (exact) mass is 525 g/mol. The van der Waals surface area contributed by atoms with Gasteiger partial charge in [0.05, 0.1) is 24.3 Å². The van der Waals surface area contributed by atoms with Crippen LogP contribution in [0.2, 0.25) is 5.02 Å². The first-order chi connectivity index (χ1) is 17.8. The highest BCUT2D eigenvalue weighted by Crippen LogP contribution is 2.47. The van der Waals surface area contributed by atoms with Gasteiger partial charge in [0, 0.05) is 23.3 Å². The number of nitrogens with zero attached hydrogens (tertiary/aromatic N) is 1. The topological polar surface area (TPSA) is 79.9 Å². The summed E-state index contributed by atoms with van der Waals surface area (Å²) in [5.41, 5.74) is 0.486. The largest absolute Gasteiger partial charge is 0.466 e. The zero-order chi connectivity index (χ0) is 26.2. The number of amides is 1. The summed E-state index contributed by atoms with van der Waals surface area (Å²) in [4.78, 5) is 28.9. The van der Waals surface area contributed by atoms with Crippen LogP contribution in [0.15, 0.2) is 71.8 Å². The second-order valence-electron chi connectivity index (χ2n) is 9.74. The van der Waals surface area contributed by atoms with E-state index >= 15 is 0 Å². The zero-order valence-corrected chi connectivity index (χ0v) is 21.4. The molecule has 1 amide bonds. The standard InChI is InChI=1S/C28H29ClFN3O4/c1-33-11-9-20(16-33)32-26(34)24-22-8-10-28(37-22,25(24)27(35)36-2)23(12-17-6-4-3-5-7-17)31-21-14-18(29)13-19(30)15-21/h3-8,10,13-15,20,22-23,31H,9,11-12,16H2,1-2H3,(H,32,34). The van der Waals surface area contributed by atoms with Gasteiger partial charge in [-0.1, -0.05) is 48.0 Å². The number of ether oxygens (including phenoxy) is 2. The molecule has 4 atom stereocenters. The molecule has 1 fully saturated rings. The summed E-state index contributed by atoms with van der Waals surface area (Å²) in [6.45, 7) is 1.62. The molecule has 2 aromatic carbocycles. The lowest BCUT2D eigenvalue weighted by Crippen LogP contribution is -2.50. The van der Waals surface area contributed by atoms with Gasteiger partial charge in [-0.05, 0) is 56.3 Å². The summed E-state index contributed by atoms with van der Waals surface area (Å²) < 4.78 is 25.8. The highest BCUT2D eigenvalue weighted by Gasteiger charge is 2.58. The van der Waals surface area contributed by atoms with Gasteiger partial charge in [-0.2, -0.15) is 0 Å². The lowest BCUT2D eigenvalue weighted by molar-refractivity contribution is -0.138. The Morgan fingerprint density at radius 3 is 2.73 bits per heavy atom. The maximum absolute atomic E-state index is 14.2. The van der Waals surface area contributed by atoms with Crippen molar-refractivity contribution in [1.29, 1.82) is 0 Å². The molecule has 2 bridgehead atoms. The highest BCUT2D eigenvalue weighted by molar-refractivity contribution is 6.30. The van der Waals surface area contributed by atoms with Crippen molar-refractivity contribution in [1.82, 2.24) is 10.2 Å². The Hall–Kier alpha value is -3.20. The molecule has 0 radical (unpaired) electrons. The molecule has 194 valence electrons. The van der Waals surface area contributed by atoms with E-state index in [4.69, 9.17) is 21.1 Å². The third-order valence-corrected chi connectivity index (χ3v) is 7.37. The van der Waals surface area contributed by atoms with Crippen molar-refractivity contribution in [2.24, 2.45) is 0 Å². The number of carbonyl (C=O) groups is 2. The van der Waals surface area contributed by atoms with Crippen molar-refractivity contribution >= 4 is 29.2 Å². The predicted octanol–water partition coefficient (Wildman–Crippen LogP) is 3.50. The van der Waals surface area contributed by atoms with E-state index in [0.717, 1.165) is 25.1 Å². The van der Waals surface area contributed by atoms with Gasteiger partial charge in [0.15, 0.2) is 0 Å². The highest BCUT2D eigenvalue weighted by atomic mass is 35.5. The van der Waals surface area contributed by atoms with Gasteiger partial charge in [-0.25, -0.2) is 9.18 Å². The Balaban J connectivity index is 1.55. The smallest absolute Gasteiger partial charge is 0.337 e. The van der Waals surface area contributed by atoms with Crippen molar-refractivity contribution in [2.75, 3.05) is 32.6 Å². The van der Waals surface area contributed by atoms with Crippen LogP contribution in [0.5, 0.6) is 0 Å². The van der Waals surface area contributed by atoms with Gasteiger partial charge >= 0.3 is 5.97 Å². The first-order valence-electron chi connectivity index (χ1n) is 12.2. The summed E-state index contributed by atoms with van der Waals surface area (Å²) in [6.07, 6.45) is 4.12. The molecular weight excluding hydrogens is 497 g/mol. The Kier molecular flexibility index (Phi) is 7.07. The van der Waals surface area contributed by atoms with Crippen molar-refractivity contribution in [3.05, 3.63) is 88.2 Å². The molecule has 2 aromatic rings. The second-order valence-corrected chi connectivity index (χ2v) is 10.2. The van der Waals surface area contributed by atoms with Gasteiger partial charge < -0.3 is 25.0 Å². The van der Waals surface area contributed by atoms with E-state index in [1.165, 1.54) is 19.2 Å². The molecule has 1 saturated heterocycles. The summed E-state index contributed by atoms with van der Waals surface area (Å²) >= 11 is 6.12. The third-order valence-electron chi connectivity index (χ3n) is 7.15. The van der Waals surface area contributed by atoms with Crippen molar-refractivity contribution in [3.8, 4) is 0 Å². The lowest BCUT2D eigenvalue weighted by atomic mass is 9.78. The minimum atomic E-state index is -1.31. The number of hydrogen-bond acceptors (Lipinski definition) is 6. The van der Waals surface area contributed by atoms with E-state index in [-0.39, 0.29) is 28.1 Å². The van der Waals surface area contributed by atoms with Gasteiger partial charge in [-0.15, -0.1) is 0 Å². The summed E-state index contributed by atoms with van der Waals surface area (Å²) in [6, 6.07) is 13.2. The van der Waals surface area contributed by atoms with Crippen LogP contribution in [0.25, 0.3) is 0 Å². The number of hydrogen-bond donors (Lipinski definition) is 2. The summed E-state index contributed by atoms with van der Waals surface area (Å²) in [5.74, 6) is -1.48. The average molecular weight is 526 g/mol. The molecule has 5 rings (SSSR count). The second kappa shape index (κ2) is 10.3. The number of esters is 1. The predicted molar refractivity (Wildman–Crippen MR) is 139 cm³/mol. The third kappa shape index (κ3) is 5.01. The number of likely N-dealkylation sites (N-methyl/N-ethyl adjacent to an activating group) is 1. The molecule has 7 nitrogen and oxygen atoms in total. The Morgan fingerprint density at radius 2 is 2.05 bits per heavy atom. The number of fused-ring (bicyclic) bond motifs is 2. The molecule has 0 aliphatic carbocycles. The molecular formula is C28H29ClFN3O4. The van der Waals surface area contributed by atoms with E-state index in [1.807, 2.05) is 37.4 Å². The fourth-order valence-corrected chi connectivity index (χ4v) is 5.69. The van der Waals surface area contributed by atoms with E-state index in [9.17, 15) is 14.0 Å². The number of methoxy groups -OCH3 is 1. The van der Waals surface area contributed by atoms with E-state index < -0.39 is 29.5 Å². The van der Waals surface area contributed by atoms with Crippen LogP contribution in [0.4, 0.5) is 10.1 Å². The maximum Gasteiger partial charge on any atom is 0.337 e. The van der Waals surface area contributed by atoms with Crippen LogP contribution in [0.3, 0.4) is 0 Å². The van der Waals surface area contributed by atoms with E-state index in [1.54, 1.807) is 18.2 Å². The van der Waals surface area contributed by atoms with Gasteiger partial charge in [0.25, 0.3) is 5.91 Å². The number of carbonyl (C=O) groups excluding carboxylic acids is 2. The van der Waals surface area contributed by atoms with Gasteiger partial charge in [0.1, 0.15) is 17.5 Å². The van der Waals surface area contributed by atoms with Crippen LogP contribution in [-0.2, 0) is 25.5 Å². The molecule has 3 aliphatic rings. The van der Waals surface area contributed by atoms with Crippen LogP contribution in [0.1, 0.15) is 12.0 Å². The number of likely N-dealkylation sites (tertiary alicyclic amines) is 1. The molecule has 2 N–H and O–H groups in total. The Morgan fingerprint density at radius 1 is 1.27 bits per heavy atom. The molecule has 0 spiro atoms. The molecule has 37 heavy (non-hydrogen) atoms. The maximum atomic E-state index is 14.2. The first-order valence-corrected chi connectivity index (χ1v) is 12.6. The molecule has 4 unspecified atom stereocenters. The SMILES string of the molecule is COC(=O)C1=C(C(=O)NC2CCN(C)C2)C2C=CC1(C(Cc1ccccc1)Nc1cc(F)cc(Cl)c1)O2. The van der Waals surface area contributed by atoms with Crippen LogP contribution >= 0.6 is 11.6 Å². The average Bonchev–Trinajstić information content (AvgIpc) is 3.57. The molecule has 0 saturated carbocycles.